The highest BCUT2D eigenvalue weighted by atomic mass is 16.3. The second-order valence-electron chi connectivity index (χ2n) is 4.94. The number of hydrogen-bond donors (Lipinski definition) is 1. The molecule has 4 nitrogen and oxygen atoms in total. The number of rotatable bonds is 2. The van der Waals surface area contributed by atoms with Gasteiger partial charge in [-0.15, -0.1) is 0 Å². The Balaban J connectivity index is 1.88. The number of nitrogens with zero attached hydrogens (tertiary/aromatic N) is 1. The van der Waals surface area contributed by atoms with Crippen molar-refractivity contribution in [1.29, 1.82) is 0 Å². The minimum atomic E-state index is -0.118. The number of benzene rings is 1. The summed E-state index contributed by atoms with van der Waals surface area (Å²) in [5, 5.41) is 1.01. The molecule has 1 aromatic carbocycles. The van der Waals surface area contributed by atoms with Gasteiger partial charge in [-0.3, -0.25) is 4.79 Å². The maximum Gasteiger partial charge on any atom is 0.251 e. The van der Waals surface area contributed by atoms with E-state index in [2.05, 4.69) is 9.97 Å². The smallest absolute Gasteiger partial charge is 0.251 e. The summed E-state index contributed by atoms with van der Waals surface area (Å²) in [6.07, 6.45) is 2.24. The van der Waals surface area contributed by atoms with Gasteiger partial charge in [-0.1, -0.05) is 18.2 Å². The van der Waals surface area contributed by atoms with Crippen LogP contribution in [-0.2, 0) is 0 Å². The molecule has 1 saturated carbocycles. The number of aromatic amines is 1. The first-order valence-corrected chi connectivity index (χ1v) is 6.40. The molecule has 0 unspecified atom stereocenters. The Morgan fingerprint density at radius 1 is 1.21 bits per heavy atom. The van der Waals surface area contributed by atoms with Crippen LogP contribution in [0.2, 0.25) is 0 Å². The van der Waals surface area contributed by atoms with Crippen LogP contribution in [-0.4, -0.2) is 9.97 Å². The first-order valence-electron chi connectivity index (χ1n) is 6.40. The fraction of sp³-hybridized carbons (Fsp3) is 0.200. The molecule has 0 amide bonds. The third kappa shape index (κ3) is 1.85. The van der Waals surface area contributed by atoms with E-state index in [4.69, 9.17) is 4.42 Å². The van der Waals surface area contributed by atoms with Crippen molar-refractivity contribution in [2.45, 2.75) is 18.8 Å². The van der Waals surface area contributed by atoms with Gasteiger partial charge in [-0.2, -0.15) is 0 Å². The number of hydrogen-bond acceptors (Lipinski definition) is 3. The molecular formula is C15H12N2O2. The van der Waals surface area contributed by atoms with Crippen LogP contribution in [0.3, 0.4) is 0 Å². The molecule has 2 heterocycles. The van der Waals surface area contributed by atoms with Crippen LogP contribution < -0.4 is 5.56 Å². The van der Waals surface area contributed by atoms with Crippen molar-refractivity contribution >= 4 is 11.0 Å². The van der Waals surface area contributed by atoms with E-state index in [-0.39, 0.29) is 5.56 Å². The SMILES string of the molecule is O=c1cc(C2CC2)nc(-c2cc3ccccc3o2)[nH]1. The second-order valence-corrected chi connectivity index (χ2v) is 4.94. The van der Waals surface area contributed by atoms with Gasteiger partial charge in [0, 0.05) is 17.4 Å². The third-order valence-corrected chi connectivity index (χ3v) is 3.42. The number of aromatic nitrogens is 2. The fourth-order valence-electron chi connectivity index (χ4n) is 2.28. The van der Waals surface area contributed by atoms with E-state index in [1.54, 1.807) is 6.07 Å². The summed E-state index contributed by atoms with van der Waals surface area (Å²) < 4.78 is 5.73. The van der Waals surface area contributed by atoms with Crippen molar-refractivity contribution < 1.29 is 4.42 Å². The lowest BCUT2D eigenvalue weighted by atomic mass is 10.2. The number of H-pyrrole nitrogens is 1. The van der Waals surface area contributed by atoms with Gasteiger partial charge in [-0.05, 0) is 25.0 Å². The van der Waals surface area contributed by atoms with E-state index in [0.717, 1.165) is 29.5 Å². The van der Waals surface area contributed by atoms with Gasteiger partial charge >= 0.3 is 0 Å². The van der Waals surface area contributed by atoms with Gasteiger partial charge in [0.15, 0.2) is 11.6 Å². The van der Waals surface area contributed by atoms with Gasteiger partial charge in [-0.25, -0.2) is 4.98 Å². The molecule has 1 aliphatic rings. The van der Waals surface area contributed by atoms with Crippen molar-refractivity contribution in [3.05, 3.63) is 52.4 Å². The molecule has 0 saturated heterocycles. The molecule has 1 fully saturated rings. The minimum absolute atomic E-state index is 0.118. The van der Waals surface area contributed by atoms with E-state index in [0.29, 0.717) is 17.5 Å². The van der Waals surface area contributed by atoms with Crippen LogP contribution in [0.4, 0.5) is 0 Å². The van der Waals surface area contributed by atoms with Gasteiger partial charge in [0.05, 0.1) is 5.69 Å². The number of furan rings is 1. The molecule has 3 aromatic rings. The van der Waals surface area contributed by atoms with Crippen molar-refractivity contribution in [1.82, 2.24) is 9.97 Å². The Morgan fingerprint density at radius 2 is 2.05 bits per heavy atom. The molecule has 0 bridgehead atoms. The van der Waals surface area contributed by atoms with E-state index in [1.807, 2.05) is 30.3 Å². The minimum Gasteiger partial charge on any atom is -0.453 e. The normalized spacial score (nSPS) is 14.9. The van der Waals surface area contributed by atoms with Crippen molar-refractivity contribution in [3.63, 3.8) is 0 Å². The summed E-state index contributed by atoms with van der Waals surface area (Å²) in [6, 6.07) is 11.3. The van der Waals surface area contributed by atoms with Gasteiger partial charge in [0.2, 0.25) is 0 Å². The molecule has 0 atom stereocenters. The van der Waals surface area contributed by atoms with E-state index in [1.165, 1.54) is 0 Å². The van der Waals surface area contributed by atoms with Crippen LogP contribution in [0.25, 0.3) is 22.6 Å². The third-order valence-electron chi connectivity index (χ3n) is 3.42. The molecule has 0 radical (unpaired) electrons. The zero-order valence-electron chi connectivity index (χ0n) is 10.2. The number of para-hydroxylation sites is 1. The molecular weight excluding hydrogens is 240 g/mol. The first-order chi connectivity index (χ1) is 9.29. The standard InChI is InChI=1S/C15H12N2O2/c18-14-8-11(9-5-6-9)16-15(17-14)13-7-10-3-1-2-4-12(10)19-13/h1-4,7-9H,5-6H2,(H,16,17,18). The Labute approximate surface area is 109 Å². The molecule has 19 heavy (non-hydrogen) atoms. The van der Waals surface area contributed by atoms with Gasteiger partial charge in [0.25, 0.3) is 5.56 Å². The largest absolute Gasteiger partial charge is 0.453 e. The predicted octanol–water partition coefficient (Wildman–Crippen LogP) is 3.06. The second kappa shape index (κ2) is 3.82. The summed E-state index contributed by atoms with van der Waals surface area (Å²) in [6.45, 7) is 0. The quantitative estimate of drug-likeness (QED) is 0.762. The Hall–Kier alpha value is -2.36. The molecule has 2 aromatic heterocycles. The molecule has 4 rings (SSSR count). The van der Waals surface area contributed by atoms with Crippen LogP contribution >= 0.6 is 0 Å². The highest BCUT2D eigenvalue weighted by Crippen LogP contribution is 2.39. The summed E-state index contributed by atoms with van der Waals surface area (Å²) in [7, 11) is 0. The maximum absolute atomic E-state index is 11.7. The fourth-order valence-corrected chi connectivity index (χ4v) is 2.28. The lowest BCUT2D eigenvalue weighted by Crippen LogP contribution is -2.09. The highest BCUT2D eigenvalue weighted by Gasteiger charge is 2.26. The zero-order valence-corrected chi connectivity index (χ0v) is 10.2. The van der Waals surface area contributed by atoms with Gasteiger partial charge < -0.3 is 9.40 Å². The Kier molecular flexibility index (Phi) is 2.12. The average Bonchev–Trinajstić information content (AvgIpc) is 3.17. The summed E-state index contributed by atoms with van der Waals surface area (Å²) in [5.74, 6) is 1.58. The van der Waals surface area contributed by atoms with Crippen molar-refractivity contribution in [2.24, 2.45) is 0 Å². The van der Waals surface area contributed by atoms with E-state index in [9.17, 15) is 4.79 Å². The molecule has 1 N–H and O–H groups in total. The molecule has 0 spiro atoms. The molecule has 1 aliphatic carbocycles. The predicted molar refractivity (Wildman–Crippen MR) is 72.0 cm³/mol. The monoisotopic (exact) mass is 252 g/mol. The Morgan fingerprint density at radius 3 is 2.84 bits per heavy atom. The Bertz CT molecular complexity index is 779. The van der Waals surface area contributed by atoms with Crippen LogP contribution in [0.5, 0.6) is 0 Å². The summed E-state index contributed by atoms with van der Waals surface area (Å²) in [4.78, 5) is 19.0. The van der Waals surface area contributed by atoms with Crippen molar-refractivity contribution in [3.8, 4) is 11.6 Å². The van der Waals surface area contributed by atoms with E-state index >= 15 is 0 Å². The van der Waals surface area contributed by atoms with Crippen LogP contribution in [0.1, 0.15) is 24.5 Å². The summed E-state index contributed by atoms with van der Waals surface area (Å²) in [5.41, 5.74) is 1.56. The highest BCUT2D eigenvalue weighted by molar-refractivity contribution is 5.81. The van der Waals surface area contributed by atoms with E-state index < -0.39 is 0 Å². The molecule has 0 aliphatic heterocycles. The van der Waals surface area contributed by atoms with Crippen LogP contribution in [0.15, 0.2) is 45.6 Å². The van der Waals surface area contributed by atoms with Crippen molar-refractivity contribution in [2.75, 3.05) is 0 Å². The molecule has 4 heteroatoms. The van der Waals surface area contributed by atoms with Crippen LogP contribution in [0, 0.1) is 0 Å². The number of fused-ring (bicyclic) bond motifs is 1. The topological polar surface area (TPSA) is 58.9 Å². The summed E-state index contributed by atoms with van der Waals surface area (Å²) >= 11 is 0. The zero-order chi connectivity index (χ0) is 12.8. The van der Waals surface area contributed by atoms with Gasteiger partial charge in [0.1, 0.15) is 5.58 Å². The maximum atomic E-state index is 11.7. The first kappa shape index (κ1) is 10.6. The number of nitrogens with one attached hydrogen (secondary N) is 1. The average molecular weight is 252 g/mol. The lowest BCUT2D eigenvalue weighted by Gasteiger charge is -1.99. The lowest BCUT2D eigenvalue weighted by molar-refractivity contribution is 0.624. The molecule has 94 valence electrons.